The van der Waals surface area contributed by atoms with Crippen molar-refractivity contribution in [3.05, 3.63) is 0 Å². The van der Waals surface area contributed by atoms with Gasteiger partial charge in [-0.25, -0.2) is 0 Å². The molecule has 0 aromatic carbocycles. The van der Waals surface area contributed by atoms with Crippen molar-refractivity contribution in [1.82, 2.24) is 4.90 Å². The maximum absolute atomic E-state index is 5.49. The quantitative estimate of drug-likeness (QED) is 0.677. The smallest absolute Gasteiger partial charge is 0.00101 e. The highest BCUT2D eigenvalue weighted by Gasteiger charge is 2.20. The molecule has 0 aliphatic carbocycles. The highest BCUT2D eigenvalue weighted by molar-refractivity contribution is 4.74. The summed E-state index contributed by atoms with van der Waals surface area (Å²) < 4.78 is 0. The zero-order chi connectivity index (χ0) is 8.81. The Morgan fingerprint density at radius 3 is 3.00 bits per heavy atom. The summed E-state index contributed by atoms with van der Waals surface area (Å²) in [5.41, 5.74) is 5.49. The summed E-state index contributed by atoms with van der Waals surface area (Å²) in [5, 5.41) is 0. The van der Waals surface area contributed by atoms with Crippen LogP contribution in [-0.2, 0) is 0 Å². The van der Waals surface area contributed by atoms with Crippen molar-refractivity contribution in [2.45, 2.75) is 32.6 Å². The average Bonchev–Trinajstić information content (AvgIpc) is 2.50. The predicted octanol–water partition coefficient (Wildman–Crippen LogP) is 1.46. The molecule has 1 fully saturated rings. The number of likely N-dealkylation sites (tertiary alicyclic amines) is 1. The van der Waals surface area contributed by atoms with Crippen LogP contribution >= 0.6 is 0 Å². The molecule has 1 unspecified atom stereocenters. The van der Waals surface area contributed by atoms with Crippen molar-refractivity contribution in [2.75, 3.05) is 26.2 Å². The van der Waals surface area contributed by atoms with Gasteiger partial charge in [0.1, 0.15) is 0 Å². The largest absolute Gasteiger partial charge is 0.330 e. The number of hydrogen-bond acceptors (Lipinski definition) is 2. The second-order valence-electron chi connectivity index (χ2n) is 3.89. The van der Waals surface area contributed by atoms with E-state index in [0.717, 1.165) is 12.5 Å². The van der Waals surface area contributed by atoms with E-state index in [9.17, 15) is 0 Å². The van der Waals surface area contributed by atoms with Gasteiger partial charge in [0.25, 0.3) is 0 Å². The van der Waals surface area contributed by atoms with Gasteiger partial charge in [-0.1, -0.05) is 6.92 Å². The summed E-state index contributed by atoms with van der Waals surface area (Å²) in [6.07, 6.45) is 5.25. The van der Waals surface area contributed by atoms with Crippen LogP contribution in [-0.4, -0.2) is 31.1 Å². The summed E-state index contributed by atoms with van der Waals surface area (Å²) in [7, 11) is 0. The van der Waals surface area contributed by atoms with E-state index >= 15 is 0 Å². The molecule has 2 nitrogen and oxygen atoms in total. The van der Waals surface area contributed by atoms with Crippen LogP contribution in [0.4, 0.5) is 0 Å². The molecule has 0 radical (unpaired) electrons. The van der Waals surface area contributed by atoms with Crippen LogP contribution in [0.5, 0.6) is 0 Å². The average molecular weight is 170 g/mol. The summed E-state index contributed by atoms with van der Waals surface area (Å²) in [6, 6.07) is 0. The van der Waals surface area contributed by atoms with Gasteiger partial charge < -0.3 is 10.6 Å². The van der Waals surface area contributed by atoms with Crippen molar-refractivity contribution in [3.63, 3.8) is 0 Å². The van der Waals surface area contributed by atoms with Crippen molar-refractivity contribution in [1.29, 1.82) is 0 Å². The third-order valence-corrected chi connectivity index (χ3v) is 2.73. The Morgan fingerprint density at radius 2 is 2.33 bits per heavy atom. The molecule has 2 heteroatoms. The summed E-state index contributed by atoms with van der Waals surface area (Å²) in [5.74, 6) is 0.945. The molecule has 0 bridgehead atoms. The van der Waals surface area contributed by atoms with E-state index in [1.54, 1.807) is 0 Å². The van der Waals surface area contributed by atoms with Gasteiger partial charge in [-0.05, 0) is 51.2 Å². The van der Waals surface area contributed by atoms with Crippen LogP contribution in [0.15, 0.2) is 0 Å². The highest BCUT2D eigenvalue weighted by Crippen LogP contribution is 2.20. The molecule has 0 saturated carbocycles. The molecule has 1 atom stereocenters. The first kappa shape index (κ1) is 10.0. The Labute approximate surface area is 76.1 Å². The molecular formula is C10H22N2. The second-order valence-corrected chi connectivity index (χ2v) is 3.89. The first-order valence-corrected chi connectivity index (χ1v) is 5.29. The number of rotatable bonds is 5. The molecule has 1 heterocycles. The van der Waals surface area contributed by atoms with E-state index < -0.39 is 0 Å². The topological polar surface area (TPSA) is 29.3 Å². The van der Waals surface area contributed by atoms with Crippen LogP contribution in [0.2, 0.25) is 0 Å². The number of nitrogens with two attached hydrogens (primary N) is 1. The normalized spacial score (nSPS) is 25.0. The molecule has 0 amide bonds. The zero-order valence-electron chi connectivity index (χ0n) is 8.26. The molecule has 12 heavy (non-hydrogen) atoms. The van der Waals surface area contributed by atoms with Crippen LogP contribution in [0.3, 0.4) is 0 Å². The maximum Gasteiger partial charge on any atom is 0.00101 e. The van der Waals surface area contributed by atoms with Crippen molar-refractivity contribution in [3.8, 4) is 0 Å². The van der Waals surface area contributed by atoms with Gasteiger partial charge in [-0.15, -0.1) is 0 Å². The fourth-order valence-corrected chi connectivity index (χ4v) is 2.07. The summed E-state index contributed by atoms with van der Waals surface area (Å²) in [6.45, 7) is 7.06. The lowest BCUT2D eigenvalue weighted by Crippen LogP contribution is -2.21. The molecule has 1 aliphatic heterocycles. The van der Waals surface area contributed by atoms with Crippen molar-refractivity contribution >= 4 is 0 Å². The van der Waals surface area contributed by atoms with Gasteiger partial charge in [0, 0.05) is 6.54 Å². The molecular weight excluding hydrogens is 148 g/mol. The third-order valence-electron chi connectivity index (χ3n) is 2.73. The Kier molecular flexibility index (Phi) is 4.62. The van der Waals surface area contributed by atoms with Gasteiger partial charge in [0.2, 0.25) is 0 Å². The van der Waals surface area contributed by atoms with E-state index in [2.05, 4.69) is 11.8 Å². The maximum atomic E-state index is 5.49. The fraction of sp³-hybridized carbons (Fsp3) is 1.00. The minimum Gasteiger partial charge on any atom is -0.330 e. The van der Waals surface area contributed by atoms with Gasteiger partial charge in [-0.2, -0.15) is 0 Å². The summed E-state index contributed by atoms with van der Waals surface area (Å²) >= 11 is 0. The highest BCUT2D eigenvalue weighted by atomic mass is 15.1. The van der Waals surface area contributed by atoms with Crippen LogP contribution in [0.1, 0.15) is 32.6 Å². The Balaban J connectivity index is 2.08. The van der Waals surface area contributed by atoms with Gasteiger partial charge in [0.05, 0.1) is 0 Å². The van der Waals surface area contributed by atoms with E-state index in [4.69, 9.17) is 5.73 Å². The van der Waals surface area contributed by atoms with E-state index in [-0.39, 0.29) is 0 Å². The molecule has 0 spiro atoms. The molecule has 1 saturated heterocycles. The standard InChI is InChI=1S/C10H22N2/c1-2-7-12-8-5-10(9-12)4-3-6-11/h10H,2-9,11H2,1H3. The molecule has 0 aromatic rings. The van der Waals surface area contributed by atoms with Crippen LogP contribution in [0.25, 0.3) is 0 Å². The first-order valence-electron chi connectivity index (χ1n) is 5.29. The lowest BCUT2D eigenvalue weighted by molar-refractivity contribution is 0.320. The van der Waals surface area contributed by atoms with Crippen LogP contribution in [0, 0.1) is 5.92 Å². The van der Waals surface area contributed by atoms with E-state index in [1.807, 2.05) is 0 Å². The zero-order valence-corrected chi connectivity index (χ0v) is 8.26. The Hall–Kier alpha value is -0.0800. The van der Waals surface area contributed by atoms with E-state index in [1.165, 1.54) is 45.3 Å². The van der Waals surface area contributed by atoms with Crippen LogP contribution < -0.4 is 5.73 Å². The lowest BCUT2D eigenvalue weighted by atomic mass is 10.0. The van der Waals surface area contributed by atoms with Gasteiger partial charge in [-0.3, -0.25) is 0 Å². The Bertz CT molecular complexity index is 114. The molecule has 72 valence electrons. The second kappa shape index (κ2) is 5.55. The van der Waals surface area contributed by atoms with Gasteiger partial charge >= 0.3 is 0 Å². The predicted molar refractivity (Wildman–Crippen MR) is 53.1 cm³/mol. The van der Waals surface area contributed by atoms with Crippen molar-refractivity contribution in [2.24, 2.45) is 11.7 Å². The molecule has 0 aromatic heterocycles. The van der Waals surface area contributed by atoms with Gasteiger partial charge in [0.15, 0.2) is 0 Å². The number of nitrogens with zero attached hydrogens (tertiary/aromatic N) is 1. The molecule has 1 aliphatic rings. The Morgan fingerprint density at radius 1 is 1.50 bits per heavy atom. The monoisotopic (exact) mass is 170 g/mol. The summed E-state index contributed by atoms with van der Waals surface area (Å²) in [4.78, 5) is 2.58. The number of hydrogen-bond donors (Lipinski definition) is 1. The minimum absolute atomic E-state index is 0.865. The lowest BCUT2D eigenvalue weighted by Gasteiger charge is -2.14. The minimum atomic E-state index is 0.865. The van der Waals surface area contributed by atoms with E-state index in [0.29, 0.717) is 0 Å². The fourth-order valence-electron chi connectivity index (χ4n) is 2.07. The SMILES string of the molecule is CCCN1CCC(CCCN)C1. The first-order chi connectivity index (χ1) is 5.86. The van der Waals surface area contributed by atoms with Crippen molar-refractivity contribution < 1.29 is 0 Å². The third kappa shape index (κ3) is 3.11. The molecule has 1 rings (SSSR count). The molecule has 2 N–H and O–H groups in total.